The second kappa shape index (κ2) is 9.14. The lowest BCUT2D eigenvalue weighted by Crippen LogP contribution is -2.44. The van der Waals surface area contributed by atoms with Crippen LogP contribution in [-0.2, 0) is 0 Å². The molecule has 0 aromatic heterocycles. The summed E-state index contributed by atoms with van der Waals surface area (Å²) in [5.74, 6) is -1.61. The average molecular weight is 443 g/mol. The third-order valence-electron chi connectivity index (χ3n) is 6.49. The van der Waals surface area contributed by atoms with Crippen LogP contribution in [-0.4, -0.2) is 48.5 Å². The van der Waals surface area contributed by atoms with Crippen molar-refractivity contribution >= 4 is 23.0 Å². The topological polar surface area (TPSA) is 90.6 Å². The van der Waals surface area contributed by atoms with E-state index < -0.39 is 17.7 Å². The van der Waals surface area contributed by atoms with Crippen molar-refractivity contribution in [3.05, 3.63) is 17.7 Å². The Morgan fingerprint density at radius 3 is 2.39 bits per heavy atom. The highest BCUT2D eigenvalue weighted by Gasteiger charge is 2.41. The molecule has 174 valence electrons. The molecule has 1 heterocycles. The minimum Gasteiger partial charge on any atom is -0.397 e. The molecule has 1 aromatic rings. The number of carbonyl (C=O) groups is 1. The SMILES string of the molecule is CCNc1cc(N2CCC(C)(O)CC2)c(C(=O)NC2CCC(C(F)(F)F)CC2)cc1N. The van der Waals surface area contributed by atoms with Crippen molar-refractivity contribution in [1.82, 2.24) is 5.32 Å². The van der Waals surface area contributed by atoms with Crippen LogP contribution in [0.3, 0.4) is 0 Å². The van der Waals surface area contributed by atoms with Crippen molar-refractivity contribution in [3.63, 3.8) is 0 Å². The fourth-order valence-electron chi connectivity index (χ4n) is 4.45. The molecule has 1 aromatic carbocycles. The molecule has 0 atom stereocenters. The summed E-state index contributed by atoms with van der Waals surface area (Å²) < 4.78 is 38.8. The molecule has 1 aliphatic carbocycles. The van der Waals surface area contributed by atoms with E-state index in [0.29, 0.717) is 56.6 Å². The van der Waals surface area contributed by atoms with Gasteiger partial charge in [0.15, 0.2) is 0 Å². The standard InChI is InChI=1S/C22H33F3N4O2/c1-3-27-18-13-19(29-10-8-21(2,31)9-11-29)16(12-17(18)26)20(30)28-15-6-4-14(5-7-15)22(23,24)25/h12-15,27,31H,3-11,26H2,1-2H3,(H,28,30). The number of amides is 1. The maximum Gasteiger partial charge on any atom is 0.391 e. The molecule has 1 amide bonds. The Kier molecular flexibility index (Phi) is 6.93. The third-order valence-corrected chi connectivity index (χ3v) is 6.49. The number of nitrogens with zero attached hydrogens (tertiary/aromatic N) is 1. The van der Waals surface area contributed by atoms with E-state index in [1.165, 1.54) is 0 Å². The Hall–Kier alpha value is -2.16. The zero-order chi connectivity index (χ0) is 22.8. The quantitative estimate of drug-likeness (QED) is 0.519. The maximum atomic E-state index is 13.1. The number of nitrogen functional groups attached to an aromatic ring is 1. The Morgan fingerprint density at radius 2 is 1.84 bits per heavy atom. The highest BCUT2D eigenvalue weighted by atomic mass is 19.4. The second-order valence-corrected chi connectivity index (χ2v) is 9.03. The number of benzene rings is 1. The van der Waals surface area contributed by atoms with Crippen LogP contribution in [0.5, 0.6) is 0 Å². The van der Waals surface area contributed by atoms with E-state index >= 15 is 0 Å². The van der Waals surface area contributed by atoms with Crippen LogP contribution in [0.25, 0.3) is 0 Å². The van der Waals surface area contributed by atoms with E-state index in [0.717, 1.165) is 11.4 Å². The molecular formula is C22H33F3N4O2. The van der Waals surface area contributed by atoms with Gasteiger partial charge in [-0.15, -0.1) is 0 Å². The van der Waals surface area contributed by atoms with Crippen molar-refractivity contribution in [2.24, 2.45) is 5.92 Å². The van der Waals surface area contributed by atoms with E-state index in [1.807, 2.05) is 19.9 Å². The number of hydrogen-bond acceptors (Lipinski definition) is 5. The molecule has 0 unspecified atom stereocenters. The van der Waals surface area contributed by atoms with Gasteiger partial charge in [0.2, 0.25) is 0 Å². The van der Waals surface area contributed by atoms with Crippen molar-refractivity contribution in [2.75, 3.05) is 35.6 Å². The minimum atomic E-state index is -4.17. The van der Waals surface area contributed by atoms with Gasteiger partial charge in [-0.25, -0.2) is 0 Å². The fraction of sp³-hybridized carbons (Fsp3) is 0.682. The van der Waals surface area contributed by atoms with Crippen LogP contribution < -0.4 is 21.3 Å². The highest BCUT2D eigenvalue weighted by molar-refractivity contribution is 6.02. The summed E-state index contributed by atoms with van der Waals surface area (Å²) in [5.41, 5.74) is 7.75. The van der Waals surface area contributed by atoms with Gasteiger partial charge in [0.25, 0.3) is 5.91 Å². The van der Waals surface area contributed by atoms with Gasteiger partial charge in [-0.3, -0.25) is 4.79 Å². The zero-order valence-corrected chi connectivity index (χ0v) is 18.2. The zero-order valence-electron chi connectivity index (χ0n) is 18.2. The van der Waals surface area contributed by atoms with Crippen LogP contribution in [0.1, 0.15) is 62.7 Å². The van der Waals surface area contributed by atoms with E-state index in [9.17, 15) is 23.1 Å². The predicted molar refractivity (Wildman–Crippen MR) is 116 cm³/mol. The lowest BCUT2D eigenvalue weighted by Gasteiger charge is -2.38. The van der Waals surface area contributed by atoms with Gasteiger partial charge >= 0.3 is 6.18 Å². The van der Waals surface area contributed by atoms with Gasteiger partial charge in [0.05, 0.1) is 34.1 Å². The molecule has 0 spiro atoms. The number of halogens is 3. The highest BCUT2D eigenvalue weighted by Crippen LogP contribution is 2.38. The van der Waals surface area contributed by atoms with Crippen LogP contribution in [0, 0.1) is 5.92 Å². The molecule has 0 radical (unpaired) electrons. The molecule has 1 saturated heterocycles. The largest absolute Gasteiger partial charge is 0.397 e. The lowest BCUT2D eigenvalue weighted by atomic mass is 9.85. The van der Waals surface area contributed by atoms with E-state index in [1.54, 1.807) is 6.07 Å². The molecule has 9 heteroatoms. The first kappa shape index (κ1) is 23.5. The summed E-state index contributed by atoms with van der Waals surface area (Å²) in [6, 6.07) is 3.21. The third kappa shape index (κ3) is 5.75. The monoisotopic (exact) mass is 442 g/mol. The summed E-state index contributed by atoms with van der Waals surface area (Å²) in [6.07, 6.45) is -2.33. The second-order valence-electron chi connectivity index (χ2n) is 9.03. The Balaban J connectivity index is 1.77. The van der Waals surface area contributed by atoms with E-state index in [2.05, 4.69) is 15.5 Å². The molecule has 3 rings (SSSR count). The van der Waals surface area contributed by atoms with Gasteiger partial charge in [0.1, 0.15) is 0 Å². The number of alkyl halides is 3. The van der Waals surface area contributed by atoms with Crippen molar-refractivity contribution in [3.8, 4) is 0 Å². The fourth-order valence-corrected chi connectivity index (χ4v) is 4.45. The minimum absolute atomic E-state index is 0.0318. The molecule has 2 aliphatic rings. The van der Waals surface area contributed by atoms with E-state index in [4.69, 9.17) is 5.73 Å². The van der Waals surface area contributed by atoms with Gasteiger partial charge in [-0.05, 0) is 64.5 Å². The van der Waals surface area contributed by atoms with Gasteiger partial charge in [-0.2, -0.15) is 13.2 Å². The normalized spacial score (nSPS) is 24.0. The van der Waals surface area contributed by atoms with Crippen LogP contribution in [0.4, 0.5) is 30.2 Å². The number of nitrogens with two attached hydrogens (primary N) is 1. The molecule has 0 bridgehead atoms. The Morgan fingerprint density at radius 1 is 1.23 bits per heavy atom. The Bertz CT molecular complexity index is 780. The summed E-state index contributed by atoms with van der Waals surface area (Å²) >= 11 is 0. The van der Waals surface area contributed by atoms with Crippen molar-refractivity contribution < 1.29 is 23.1 Å². The first-order valence-corrected chi connectivity index (χ1v) is 11.0. The first-order valence-electron chi connectivity index (χ1n) is 11.0. The van der Waals surface area contributed by atoms with Crippen LogP contribution >= 0.6 is 0 Å². The number of rotatable bonds is 5. The number of nitrogens with one attached hydrogen (secondary N) is 2. The maximum absolute atomic E-state index is 13.1. The van der Waals surface area contributed by atoms with Gasteiger partial charge < -0.3 is 26.4 Å². The average Bonchev–Trinajstić information content (AvgIpc) is 2.69. The Labute approximate surface area is 181 Å². The smallest absolute Gasteiger partial charge is 0.391 e. The van der Waals surface area contributed by atoms with Gasteiger partial charge in [-0.1, -0.05) is 0 Å². The molecule has 31 heavy (non-hydrogen) atoms. The molecule has 2 fully saturated rings. The summed E-state index contributed by atoms with van der Waals surface area (Å²) in [4.78, 5) is 15.2. The molecule has 5 N–H and O–H groups in total. The molecule has 1 saturated carbocycles. The molecular weight excluding hydrogens is 409 g/mol. The van der Waals surface area contributed by atoms with Crippen molar-refractivity contribution in [2.45, 2.75) is 70.2 Å². The summed E-state index contributed by atoms with van der Waals surface area (Å²) in [7, 11) is 0. The van der Waals surface area contributed by atoms with Crippen molar-refractivity contribution in [1.29, 1.82) is 0 Å². The lowest BCUT2D eigenvalue weighted by molar-refractivity contribution is -0.182. The molecule has 1 aliphatic heterocycles. The summed E-state index contributed by atoms with van der Waals surface area (Å²) in [5, 5.41) is 16.4. The van der Waals surface area contributed by atoms with Crippen LogP contribution in [0.2, 0.25) is 0 Å². The van der Waals surface area contributed by atoms with E-state index in [-0.39, 0.29) is 24.8 Å². The number of carbonyl (C=O) groups excluding carboxylic acids is 1. The predicted octanol–water partition coefficient (Wildman–Crippen LogP) is 3.90. The number of piperidine rings is 1. The summed E-state index contributed by atoms with van der Waals surface area (Å²) in [6.45, 7) is 5.63. The van der Waals surface area contributed by atoms with Crippen LogP contribution in [0.15, 0.2) is 12.1 Å². The first-order chi connectivity index (χ1) is 14.5. The van der Waals surface area contributed by atoms with Gasteiger partial charge in [0, 0.05) is 25.7 Å². The number of hydrogen-bond donors (Lipinski definition) is 4. The molecule has 6 nitrogen and oxygen atoms in total. The number of anilines is 3. The number of aliphatic hydroxyl groups is 1.